The van der Waals surface area contributed by atoms with E-state index >= 15 is 0 Å². The van der Waals surface area contributed by atoms with Gasteiger partial charge in [-0.05, 0) is 48.4 Å². The van der Waals surface area contributed by atoms with Crippen molar-refractivity contribution in [2.75, 3.05) is 36.8 Å². The molecule has 0 unspecified atom stereocenters. The van der Waals surface area contributed by atoms with Gasteiger partial charge in [0.25, 0.3) is 5.91 Å². The molecule has 1 aliphatic rings. The number of hydrogen-bond acceptors (Lipinski definition) is 9. The van der Waals surface area contributed by atoms with Gasteiger partial charge in [0.05, 0.1) is 11.3 Å². The molecule has 2 aromatic heterocycles. The van der Waals surface area contributed by atoms with Crippen LogP contribution in [0.1, 0.15) is 27.0 Å². The first kappa shape index (κ1) is 34.7. The predicted octanol–water partition coefficient (Wildman–Crippen LogP) is 5.30. The number of carboxylic acids is 1. The lowest BCUT2D eigenvalue weighted by molar-refractivity contribution is -0.192. The summed E-state index contributed by atoms with van der Waals surface area (Å²) < 4.78 is 73.5. The van der Waals surface area contributed by atoms with Gasteiger partial charge in [-0.15, -0.1) is 0 Å². The van der Waals surface area contributed by atoms with Crippen LogP contribution in [0.3, 0.4) is 0 Å². The molecule has 0 atom stereocenters. The molecule has 0 aliphatic carbocycles. The molecule has 248 valence electrons. The average molecular weight is 663 g/mol. The van der Waals surface area contributed by atoms with E-state index in [2.05, 4.69) is 35.9 Å². The van der Waals surface area contributed by atoms with Crippen LogP contribution in [0, 0.1) is 6.92 Å². The summed E-state index contributed by atoms with van der Waals surface area (Å²) in [5.41, 5.74) is 2.51. The molecule has 0 radical (unpaired) electrons. The number of aryl methyl sites for hydroxylation is 1. The number of anilines is 3. The zero-order valence-corrected chi connectivity index (χ0v) is 24.7. The van der Waals surface area contributed by atoms with Gasteiger partial charge in [0.1, 0.15) is 6.33 Å². The molecule has 1 saturated heterocycles. The summed E-state index contributed by atoms with van der Waals surface area (Å²) in [5, 5.41) is 16.2. The third kappa shape index (κ3) is 9.91. The average Bonchev–Trinajstić information content (AvgIpc) is 3.03. The van der Waals surface area contributed by atoms with Gasteiger partial charge in [0.15, 0.2) is 0 Å². The maximum absolute atomic E-state index is 13.9. The summed E-state index contributed by atoms with van der Waals surface area (Å²) in [6.07, 6.45) is -3.35. The van der Waals surface area contributed by atoms with Crippen molar-refractivity contribution >= 4 is 29.2 Å². The monoisotopic (exact) mass is 662 g/mol. The summed E-state index contributed by atoms with van der Waals surface area (Å²) >= 11 is 0. The smallest absolute Gasteiger partial charge is 0.475 e. The topological polar surface area (TPSA) is 145 Å². The second kappa shape index (κ2) is 15.0. The van der Waals surface area contributed by atoms with E-state index in [4.69, 9.17) is 9.90 Å². The molecule has 4 N–H and O–H groups in total. The number of hydrogen-bond donors (Lipinski definition) is 4. The maximum atomic E-state index is 13.9. The zero-order valence-electron chi connectivity index (χ0n) is 24.7. The van der Waals surface area contributed by atoms with E-state index in [0.29, 0.717) is 36.1 Å². The Morgan fingerprint density at radius 3 is 2.30 bits per heavy atom. The molecular weight excluding hydrogens is 634 g/mol. The first-order valence-electron chi connectivity index (χ1n) is 13.9. The number of amides is 1. The maximum Gasteiger partial charge on any atom is 0.490 e. The number of benzene rings is 2. The molecule has 47 heavy (non-hydrogen) atoms. The van der Waals surface area contributed by atoms with E-state index in [-0.39, 0.29) is 17.7 Å². The number of carbonyl (C=O) groups is 2. The van der Waals surface area contributed by atoms with Gasteiger partial charge in [0.2, 0.25) is 5.95 Å². The first-order valence-corrected chi connectivity index (χ1v) is 13.9. The van der Waals surface area contributed by atoms with Crippen LogP contribution in [0.4, 0.5) is 43.7 Å². The number of aromatic nitrogens is 4. The fourth-order valence-electron chi connectivity index (χ4n) is 4.40. The lowest BCUT2D eigenvalue weighted by Gasteiger charge is -2.28. The molecule has 1 fully saturated rings. The van der Waals surface area contributed by atoms with Crippen molar-refractivity contribution in [3.8, 4) is 11.3 Å². The molecule has 0 bridgehead atoms. The number of carboxylic acid groups (broad SMARTS) is 1. The fourth-order valence-corrected chi connectivity index (χ4v) is 4.40. The fraction of sp³-hybridized carbons (Fsp3) is 0.267. The minimum atomic E-state index is -5.08. The van der Waals surface area contributed by atoms with Gasteiger partial charge in [-0.2, -0.15) is 26.3 Å². The van der Waals surface area contributed by atoms with Crippen LogP contribution in [0.5, 0.6) is 0 Å². The Bertz CT molecular complexity index is 1700. The van der Waals surface area contributed by atoms with E-state index < -0.39 is 29.8 Å². The minimum Gasteiger partial charge on any atom is -0.475 e. The number of nitrogens with zero attached hydrogens (tertiary/aromatic N) is 5. The molecule has 2 aromatic carbocycles. The van der Waals surface area contributed by atoms with Crippen molar-refractivity contribution in [1.29, 1.82) is 0 Å². The Balaban J connectivity index is 0.000000644. The van der Waals surface area contributed by atoms with Crippen LogP contribution in [0.2, 0.25) is 0 Å². The number of rotatable bonds is 7. The van der Waals surface area contributed by atoms with Crippen LogP contribution in [-0.4, -0.2) is 74.2 Å². The number of aliphatic carboxylic acids is 1. The molecule has 1 aliphatic heterocycles. The lowest BCUT2D eigenvalue weighted by Crippen LogP contribution is -2.43. The Labute approximate surface area is 264 Å². The lowest BCUT2D eigenvalue weighted by atomic mass is 10.0. The number of carbonyl (C=O) groups excluding carboxylic acids is 1. The predicted molar refractivity (Wildman–Crippen MR) is 159 cm³/mol. The van der Waals surface area contributed by atoms with E-state index in [0.717, 1.165) is 30.3 Å². The Morgan fingerprint density at radius 2 is 1.66 bits per heavy atom. The summed E-state index contributed by atoms with van der Waals surface area (Å²) in [7, 11) is 0. The molecule has 11 nitrogen and oxygen atoms in total. The highest BCUT2D eigenvalue weighted by Crippen LogP contribution is 2.34. The van der Waals surface area contributed by atoms with Crippen molar-refractivity contribution in [2.24, 2.45) is 0 Å². The van der Waals surface area contributed by atoms with Crippen LogP contribution in [0.25, 0.3) is 11.3 Å². The highest BCUT2D eigenvalue weighted by molar-refractivity contribution is 6.04. The van der Waals surface area contributed by atoms with Gasteiger partial charge < -0.3 is 21.1 Å². The van der Waals surface area contributed by atoms with Crippen LogP contribution >= 0.6 is 0 Å². The largest absolute Gasteiger partial charge is 0.490 e. The van der Waals surface area contributed by atoms with Gasteiger partial charge in [-0.25, -0.2) is 24.7 Å². The quantitative estimate of drug-likeness (QED) is 0.193. The molecule has 1 amide bonds. The Kier molecular flexibility index (Phi) is 11.0. The van der Waals surface area contributed by atoms with Crippen molar-refractivity contribution < 1.29 is 41.0 Å². The van der Waals surface area contributed by atoms with Crippen LogP contribution in [0.15, 0.2) is 67.4 Å². The number of nitrogens with one attached hydrogen (secondary N) is 3. The zero-order chi connectivity index (χ0) is 34.2. The van der Waals surface area contributed by atoms with E-state index in [1.165, 1.54) is 18.5 Å². The van der Waals surface area contributed by atoms with Gasteiger partial charge >= 0.3 is 18.3 Å². The summed E-state index contributed by atoms with van der Waals surface area (Å²) in [4.78, 5) is 40.6. The second-order valence-electron chi connectivity index (χ2n) is 10.2. The van der Waals surface area contributed by atoms with E-state index in [1.807, 2.05) is 11.8 Å². The summed E-state index contributed by atoms with van der Waals surface area (Å²) in [6, 6.07) is 10.6. The Morgan fingerprint density at radius 1 is 0.979 bits per heavy atom. The molecule has 0 spiro atoms. The summed E-state index contributed by atoms with van der Waals surface area (Å²) in [6.45, 7) is 4.84. The van der Waals surface area contributed by atoms with Crippen LogP contribution < -0.4 is 16.0 Å². The van der Waals surface area contributed by atoms with Gasteiger partial charge in [-0.1, -0.05) is 12.1 Å². The molecule has 3 heterocycles. The van der Waals surface area contributed by atoms with E-state index in [1.54, 1.807) is 42.9 Å². The molecule has 4 aromatic rings. The number of piperazine rings is 1. The molecular formula is C30H28F6N8O3. The second-order valence-corrected chi connectivity index (χ2v) is 10.2. The molecule has 17 heteroatoms. The highest BCUT2D eigenvalue weighted by atomic mass is 19.4. The van der Waals surface area contributed by atoms with Crippen molar-refractivity contribution in [2.45, 2.75) is 25.8 Å². The van der Waals surface area contributed by atoms with Gasteiger partial charge in [-0.3, -0.25) is 9.69 Å². The molecule has 0 saturated carbocycles. The third-order valence-corrected chi connectivity index (χ3v) is 6.78. The molecule has 5 rings (SSSR count). The SMILES string of the molecule is Cc1ccc(NC(=O)c2ccc(CN3CCNCC3)c(C(F)(F)F)c2)cc1Nc1nccc(-c2cncnc2)n1.O=C(O)C(F)(F)F. The number of halogens is 6. The standard InChI is InChI=1S/C28H27F3N8O.C2HF3O2/c1-18-2-5-22(13-25(18)38-27-35-7-6-24(37-27)21-14-33-17-34-15-21)36-26(40)19-3-4-20(23(12-19)28(29,30)31)16-39-10-8-32-9-11-39;3-2(4,5)1(6)7/h2-7,12-15,17,32H,8-11,16H2,1H3,(H,36,40)(H,35,37,38);(H,6,7). The Hall–Kier alpha value is -5.16. The van der Waals surface area contributed by atoms with Crippen molar-refractivity contribution in [3.63, 3.8) is 0 Å². The number of alkyl halides is 6. The van der Waals surface area contributed by atoms with Gasteiger partial charge in [0, 0.05) is 73.8 Å². The van der Waals surface area contributed by atoms with Crippen LogP contribution in [-0.2, 0) is 17.5 Å². The first-order chi connectivity index (χ1) is 22.2. The van der Waals surface area contributed by atoms with Crippen molar-refractivity contribution in [1.82, 2.24) is 30.2 Å². The third-order valence-electron chi connectivity index (χ3n) is 6.78. The van der Waals surface area contributed by atoms with Crippen molar-refractivity contribution in [3.05, 3.63) is 89.6 Å². The summed E-state index contributed by atoms with van der Waals surface area (Å²) in [5.74, 6) is -3.08. The van der Waals surface area contributed by atoms with E-state index in [9.17, 15) is 31.1 Å². The highest BCUT2D eigenvalue weighted by Gasteiger charge is 2.38. The normalized spacial score (nSPS) is 13.7. The minimum absolute atomic E-state index is 0.0763.